The zero-order valence-electron chi connectivity index (χ0n) is 30.0. The van der Waals surface area contributed by atoms with Gasteiger partial charge >= 0.3 is 0 Å². The van der Waals surface area contributed by atoms with Crippen LogP contribution in [0, 0.1) is 5.82 Å². The fraction of sp³-hybridized carbons (Fsp3) is 0.395. The van der Waals surface area contributed by atoms with Gasteiger partial charge in [-0.1, -0.05) is 87.5 Å². The SMILES string of the molecule is C=C.C=C(/C=C/C)N=CN(/C=C/CN)CC.C=C1CC(c2cccc(Cl)c2F)C(C)N1C(C)CC.CC.CN.Nc1cccc(Cl)c1. The minimum absolute atomic E-state index is 0.139. The Morgan fingerprint density at radius 3 is 2.21 bits per heavy atom. The van der Waals surface area contributed by atoms with Crippen LogP contribution in [-0.4, -0.2) is 48.4 Å². The molecule has 6 N–H and O–H groups in total. The highest BCUT2D eigenvalue weighted by Crippen LogP contribution is 2.42. The molecule has 47 heavy (non-hydrogen) atoms. The van der Waals surface area contributed by atoms with E-state index in [2.05, 4.69) is 62.7 Å². The normalized spacial score (nSPS) is 15.5. The number of hydrogen-bond donors (Lipinski definition) is 3. The Morgan fingerprint density at radius 2 is 1.74 bits per heavy atom. The number of aliphatic imine (C=N–C) groups is 1. The lowest BCUT2D eigenvalue weighted by atomic mass is 9.91. The molecule has 3 unspecified atom stereocenters. The first-order valence-electron chi connectivity index (χ1n) is 16.0. The minimum Gasteiger partial charge on any atom is -0.399 e. The third-order valence-electron chi connectivity index (χ3n) is 6.67. The smallest absolute Gasteiger partial charge is 0.145 e. The molecule has 3 rings (SSSR count). The third-order valence-corrected chi connectivity index (χ3v) is 7.19. The standard InChI is InChI=1S/C16H21ClFN.C11H19N3.C6H6ClN.C2H6.C2H4.CH5N/c1-5-10(2)19-11(3)9-14(12(19)4)13-7-6-8-15(17)16(13)18;1-4-7-11(3)13-10-14(5-2)9-6-8-12;7-5-2-1-3-6(8)4-5;3*1-2/h6-8,10,12,14H,3,5,9H2,1-2,4H3;4,6-7,9-10H,3,5,8,12H2,1-2H3;1-4H,8H2;1-2H3;1-2H2;2H2,1H3/b;7-4+,9-6+,13-10?;;;;. The van der Waals surface area contributed by atoms with Gasteiger partial charge in [0.1, 0.15) is 5.82 Å². The molecule has 2 aromatic carbocycles. The molecule has 0 aromatic heterocycles. The molecule has 6 nitrogen and oxygen atoms in total. The summed E-state index contributed by atoms with van der Waals surface area (Å²) in [7, 11) is 1.50. The van der Waals surface area contributed by atoms with Crippen molar-refractivity contribution in [2.75, 3.05) is 25.9 Å². The number of benzene rings is 2. The maximum atomic E-state index is 14.2. The van der Waals surface area contributed by atoms with Gasteiger partial charge in [-0.05, 0) is 83.5 Å². The highest BCUT2D eigenvalue weighted by Gasteiger charge is 2.37. The molecule has 1 aliphatic heterocycles. The van der Waals surface area contributed by atoms with Crippen molar-refractivity contribution in [2.45, 2.75) is 79.3 Å². The second-order valence-corrected chi connectivity index (χ2v) is 10.5. The number of rotatable bonds is 9. The Kier molecular flexibility index (Phi) is 30.7. The van der Waals surface area contributed by atoms with Crippen molar-refractivity contribution < 1.29 is 4.39 Å². The molecule has 1 heterocycles. The molecule has 1 saturated heterocycles. The number of nitrogens with zero attached hydrogens (tertiary/aromatic N) is 3. The van der Waals surface area contributed by atoms with Crippen LogP contribution < -0.4 is 17.2 Å². The van der Waals surface area contributed by atoms with Crippen molar-refractivity contribution >= 4 is 35.2 Å². The van der Waals surface area contributed by atoms with E-state index in [9.17, 15) is 4.39 Å². The monoisotopic (exact) mass is 690 g/mol. The number of nitrogens with two attached hydrogens (primary N) is 3. The fourth-order valence-electron chi connectivity index (χ4n) is 4.41. The zero-order chi connectivity index (χ0) is 36.9. The van der Waals surface area contributed by atoms with Crippen LogP contribution in [0.15, 0.2) is 110 Å². The largest absolute Gasteiger partial charge is 0.399 e. The van der Waals surface area contributed by atoms with E-state index in [0.717, 1.165) is 30.8 Å². The van der Waals surface area contributed by atoms with Crippen LogP contribution in [0.1, 0.15) is 72.8 Å². The predicted octanol–water partition coefficient (Wildman–Crippen LogP) is 10.2. The number of nitrogen functional groups attached to an aromatic ring is 1. The lowest BCUT2D eigenvalue weighted by Crippen LogP contribution is -2.35. The summed E-state index contributed by atoms with van der Waals surface area (Å²) >= 11 is 11.5. The highest BCUT2D eigenvalue weighted by molar-refractivity contribution is 6.31. The van der Waals surface area contributed by atoms with E-state index in [1.54, 1.807) is 30.6 Å². The lowest BCUT2D eigenvalue weighted by molar-refractivity contribution is 0.226. The van der Waals surface area contributed by atoms with E-state index >= 15 is 0 Å². The van der Waals surface area contributed by atoms with Gasteiger partial charge in [-0.3, -0.25) is 0 Å². The van der Waals surface area contributed by atoms with Crippen LogP contribution in [0.5, 0.6) is 0 Å². The first-order valence-corrected chi connectivity index (χ1v) is 16.7. The molecule has 3 atom stereocenters. The summed E-state index contributed by atoms with van der Waals surface area (Å²) in [5.41, 5.74) is 18.5. The summed E-state index contributed by atoms with van der Waals surface area (Å²) in [6, 6.07) is 13.1. The van der Waals surface area contributed by atoms with Gasteiger partial charge in [0.25, 0.3) is 0 Å². The van der Waals surface area contributed by atoms with Gasteiger partial charge < -0.3 is 27.0 Å². The van der Waals surface area contributed by atoms with Gasteiger partial charge in [0.2, 0.25) is 0 Å². The second-order valence-electron chi connectivity index (χ2n) is 9.67. The molecule has 0 radical (unpaired) electrons. The number of anilines is 1. The summed E-state index contributed by atoms with van der Waals surface area (Å²) in [5, 5.41) is 0.891. The van der Waals surface area contributed by atoms with Crippen LogP contribution >= 0.6 is 23.2 Å². The van der Waals surface area contributed by atoms with E-state index < -0.39 is 0 Å². The van der Waals surface area contributed by atoms with Crippen molar-refractivity contribution in [1.82, 2.24) is 9.80 Å². The lowest BCUT2D eigenvalue weighted by Gasteiger charge is -2.32. The number of hydrogen-bond acceptors (Lipinski definition) is 5. The molecule has 0 aliphatic carbocycles. The van der Waals surface area contributed by atoms with Gasteiger partial charge in [-0.25, -0.2) is 9.38 Å². The molecule has 9 heteroatoms. The number of halogens is 3. The number of likely N-dealkylation sites (tertiary alicyclic amines) is 1. The summed E-state index contributed by atoms with van der Waals surface area (Å²) in [5.74, 6) is -0.139. The minimum atomic E-state index is -0.278. The molecule has 1 aliphatic rings. The molecular formula is C38H61Cl2FN6. The highest BCUT2D eigenvalue weighted by atomic mass is 35.5. The predicted molar refractivity (Wildman–Crippen MR) is 211 cm³/mol. The Balaban J connectivity index is -0.000000607. The molecule has 0 amide bonds. The van der Waals surface area contributed by atoms with Crippen molar-refractivity contribution in [3.8, 4) is 0 Å². The zero-order valence-corrected chi connectivity index (χ0v) is 31.5. The maximum absolute atomic E-state index is 14.2. The van der Waals surface area contributed by atoms with E-state index in [0.29, 0.717) is 28.9 Å². The van der Waals surface area contributed by atoms with E-state index in [1.165, 1.54) is 7.05 Å². The summed E-state index contributed by atoms with van der Waals surface area (Å²) < 4.78 is 14.2. The Bertz CT molecular complexity index is 1200. The van der Waals surface area contributed by atoms with Crippen molar-refractivity contribution in [1.29, 1.82) is 0 Å². The second kappa shape index (κ2) is 30.0. The topological polar surface area (TPSA) is 96.9 Å². The maximum Gasteiger partial charge on any atom is 0.145 e. The van der Waals surface area contributed by atoms with E-state index in [1.807, 2.05) is 75.2 Å². The Hall–Kier alpha value is -3.36. The van der Waals surface area contributed by atoms with Gasteiger partial charge in [-0.2, -0.15) is 0 Å². The van der Waals surface area contributed by atoms with Gasteiger partial charge in [-0.15, -0.1) is 13.2 Å². The van der Waals surface area contributed by atoms with Crippen molar-refractivity contribution in [3.05, 3.63) is 126 Å². The summed E-state index contributed by atoms with van der Waals surface area (Å²) in [6.45, 7) is 29.8. The molecule has 0 spiro atoms. The molecule has 0 saturated carbocycles. The van der Waals surface area contributed by atoms with E-state index in [4.69, 9.17) is 34.7 Å². The van der Waals surface area contributed by atoms with Crippen LogP contribution in [0.2, 0.25) is 10.0 Å². The average molecular weight is 692 g/mol. The van der Waals surface area contributed by atoms with Crippen molar-refractivity contribution in [3.63, 3.8) is 0 Å². The van der Waals surface area contributed by atoms with Crippen LogP contribution in [0.25, 0.3) is 0 Å². The number of allylic oxidation sites excluding steroid dienone is 3. The molecule has 264 valence electrons. The average Bonchev–Trinajstić information content (AvgIpc) is 3.38. The van der Waals surface area contributed by atoms with Gasteiger partial charge in [0.15, 0.2) is 0 Å². The van der Waals surface area contributed by atoms with Crippen LogP contribution in [0.4, 0.5) is 10.1 Å². The van der Waals surface area contributed by atoms with Gasteiger partial charge in [0, 0.05) is 53.7 Å². The summed E-state index contributed by atoms with van der Waals surface area (Å²) in [4.78, 5) is 8.44. The molecule has 1 fully saturated rings. The molecular weight excluding hydrogens is 630 g/mol. The van der Waals surface area contributed by atoms with Crippen LogP contribution in [-0.2, 0) is 0 Å². The van der Waals surface area contributed by atoms with Gasteiger partial charge in [0.05, 0.1) is 17.1 Å². The van der Waals surface area contributed by atoms with Crippen LogP contribution in [0.3, 0.4) is 0 Å². The summed E-state index contributed by atoms with van der Waals surface area (Å²) in [6.07, 6.45) is 11.2. The Labute approximate surface area is 296 Å². The first kappa shape index (κ1) is 48.0. The third kappa shape index (κ3) is 19.2. The fourth-order valence-corrected chi connectivity index (χ4v) is 4.79. The molecule has 2 aromatic rings. The first-order chi connectivity index (χ1) is 22.5. The quantitative estimate of drug-likeness (QED) is 0.0800. The Morgan fingerprint density at radius 1 is 1.15 bits per heavy atom. The molecule has 0 bridgehead atoms. The van der Waals surface area contributed by atoms with E-state index in [-0.39, 0.29) is 22.8 Å². The van der Waals surface area contributed by atoms with Crippen molar-refractivity contribution in [2.24, 2.45) is 16.5 Å².